The van der Waals surface area contributed by atoms with E-state index in [1.54, 1.807) is 0 Å². The van der Waals surface area contributed by atoms with Crippen LogP contribution >= 0.6 is 0 Å². The number of fused-ring (bicyclic) bond motifs is 1. The summed E-state index contributed by atoms with van der Waals surface area (Å²) >= 11 is 0. The maximum atomic E-state index is 13.3. The molecule has 2 aliphatic heterocycles. The summed E-state index contributed by atoms with van der Waals surface area (Å²) in [6, 6.07) is 18.3. The molecule has 3 atom stereocenters. The van der Waals surface area contributed by atoms with Crippen LogP contribution in [-0.4, -0.2) is 49.6 Å². The number of nitrogens with one attached hydrogen (secondary N) is 1. The number of ether oxygens (including phenoxy) is 1. The Balaban J connectivity index is 1.58. The summed E-state index contributed by atoms with van der Waals surface area (Å²) in [7, 11) is 0. The quantitative estimate of drug-likeness (QED) is 0.853. The van der Waals surface area contributed by atoms with Crippen molar-refractivity contribution in [3.05, 3.63) is 65.7 Å². The van der Waals surface area contributed by atoms with Gasteiger partial charge in [0.2, 0.25) is 0 Å². The van der Waals surface area contributed by atoms with Crippen LogP contribution < -0.4 is 15.8 Å². The van der Waals surface area contributed by atoms with Crippen molar-refractivity contribution in [3.8, 4) is 5.75 Å². The molecule has 0 unspecified atom stereocenters. The van der Waals surface area contributed by atoms with Crippen molar-refractivity contribution in [1.29, 1.82) is 0 Å². The third-order valence-corrected chi connectivity index (χ3v) is 5.76. The van der Waals surface area contributed by atoms with Gasteiger partial charge in [0.25, 0.3) is 5.91 Å². The van der Waals surface area contributed by atoms with Crippen LogP contribution in [0.5, 0.6) is 5.75 Å². The molecular weight excluding hydrogens is 338 g/mol. The number of amides is 1. The average molecular weight is 365 g/mol. The molecule has 0 radical (unpaired) electrons. The first-order valence-electron chi connectivity index (χ1n) is 9.77. The zero-order chi connectivity index (χ0) is 18.6. The lowest BCUT2D eigenvalue weighted by Crippen LogP contribution is -2.46. The fourth-order valence-electron chi connectivity index (χ4n) is 4.50. The van der Waals surface area contributed by atoms with E-state index in [0.717, 1.165) is 26.1 Å². The number of benzene rings is 2. The summed E-state index contributed by atoms with van der Waals surface area (Å²) < 4.78 is 5.60. The number of carbonyl (C=O) groups excluding carboxylic acids is 1. The molecule has 2 aromatic carbocycles. The van der Waals surface area contributed by atoms with Gasteiger partial charge in [-0.25, -0.2) is 0 Å². The summed E-state index contributed by atoms with van der Waals surface area (Å²) in [6.07, 6.45) is 1.00. The van der Waals surface area contributed by atoms with Gasteiger partial charge in [0.15, 0.2) is 0 Å². The van der Waals surface area contributed by atoms with Crippen LogP contribution in [0.2, 0.25) is 0 Å². The topological polar surface area (TPSA) is 67.6 Å². The summed E-state index contributed by atoms with van der Waals surface area (Å²) in [5, 5.41) is 3.52. The van der Waals surface area contributed by atoms with Crippen molar-refractivity contribution in [3.63, 3.8) is 0 Å². The lowest BCUT2D eigenvalue weighted by molar-refractivity contribution is 0.0697. The lowest BCUT2D eigenvalue weighted by atomic mass is 9.82. The van der Waals surface area contributed by atoms with Crippen LogP contribution in [0.25, 0.3) is 0 Å². The zero-order valence-corrected chi connectivity index (χ0v) is 15.5. The molecule has 0 bridgehead atoms. The van der Waals surface area contributed by atoms with Gasteiger partial charge >= 0.3 is 0 Å². The monoisotopic (exact) mass is 365 g/mol. The van der Waals surface area contributed by atoms with Crippen molar-refractivity contribution in [2.75, 3.05) is 32.8 Å². The predicted molar refractivity (Wildman–Crippen MR) is 106 cm³/mol. The molecular formula is C22H27N3O2. The van der Waals surface area contributed by atoms with Gasteiger partial charge in [-0.1, -0.05) is 36.4 Å². The van der Waals surface area contributed by atoms with Crippen molar-refractivity contribution in [2.45, 2.75) is 18.4 Å². The minimum Gasteiger partial charge on any atom is -0.492 e. The van der Waals surface area contributed by atoms with E-state index in [2.05, 4.69) is 34.5 Å². The molecule has 0 aliphatic carbocycles. The summed E-state index contributed by atoms with van der Waals surface area (Å²) in [6.45, 7) is 3.61. The van der Waals surface area contributed by atoms with Gasteiger partial charge in [0, 0.05) is 43.1 Å². The molecule has 2 fully saturated rings. The SMILES string of the molecule is NCCOc1cccc(C(=O)N2C[C@@H](c3ccccc3)[C@@H]3CNCC[C@@H]32)c1. The Bertz CT molecular complexity index is 780. The third kappa shape index (κ3) is 3.70. The Morgan fingerprint density at radius 2 is 2.04 bits per heavy atom. The number of hydrogen-bond donors (Lipinski definition) is 2. The van der Waals surface area contributed by atoms with Gasteiger partial charge in [0.1, 0.15) is 12.4 Å². The highest BCUT2D eigenvalue weighted by atomic mass is 16.5. The second-order valence-corrected chi connectivity index (χ2v) is 7.36. The molecule has 0 saturated carbocycles. The fraction of sp³-hybridized carbons (Fsp3) is 0.409. The highest BCUT2D eigenvalue weighted by Gasteiger charge is 2.45. The van der Waals surface area contributed by atoms with Gasteiger partial charge in [-0.15, -0.1) is 0 Å². The first kappa shape index (κ1) is 18.0. The number of likely N-dealkylation sites (tertiary alicyclic amines) is 1. The first-order chi connectivity index (χ1) is 13.3. The Labute approximate surface area is 160 Å². The van der Waals surface area contributed by atoms with Crippen LogP contribution in [0.15, 0.2) is 54.6 Å². The van der Waals surface area contributed by atoms with E-state index in [1.165, 1.54) is 5.56 Å². The molecule has 4 rings (SSSR count). The molecule has 2 saturated heterocycles. The van der Waals surface area contributed by atoms with E-state index in [1.807, 2.05) is 30.3 Å². The van der Waals surface area contributed by atoms with E-state index in [0.29, 0.717) is 36.3 Å². The Kier molecular flexibility index (Phi) is 5.41. The second-order valence-electron chi connectivity index (χ2n) is 7.36. The summed E-state index contributed by atoms with van der Waals surface area (Å²) in [5.41, 5.74) is 7.53. The van der Waals surface area contributed by atoms with E-state index in [4.69, 9.17) is 10.5 Å². The highest BCUT2D eigenvalue weighted by Crippen LogP contribution is 2.40. The van der Waals surface area contributed by atoms with Crippen LogP contribution in [0.3, 0.4) is 0 Å². The number of nitrogens with zero attached hydrogens (tertiary/aromatic N) is 1. The van der Waals surface area contributed by atoms with Gasteiger partial charge in [-0.2, -0.15) is 0 Å². The molecule has 0 aromatic heterocycles. The zero-order valence-electron chi connectivity index (χ0n) is 15.5. The standard InChI is InChI=1S/C22H27N3O2/c23-10-12-27-18-8-4-7-17(13-18)22(26)25-15-20(16-5-2-1-3-6-16)19-14-24-11-9-21(19)25/h1-8,13,19-21,24H,9-12,14-15,23H2/t19-,20-,21-/m0/s1. The molecule has 2 heterocycles. The van der Waals surface area contributed by atoms with E-state index in [-0.39, 0.29) is 11.9 Å². The maximum Gasteiger partial charge on any atom is 0.254 e. The van der Waals surface area contributed by atoms with Crippen molar-refractivity contribution >= 4 is 5.91 Å². The largest absolute Gasteiger partial charge is 0.492 e. The van der Waals surface area contributed by atoms with Gasteiger partial charge in [-0.05, 0) is 36.7 Å². The smallest absolute Gasteiger partial charge is 0.254 e. The second kappa shape index (κ2) is 8.11. The van der Waals surface area contributed by atoms with Crippen molar-refractivity contribution in [2.24, 2.45) is 11.7 Å². The first-order valence-corrected chi connectivity index (χ1v) is 9.77. The molecule has 0 spiro atoms. The van der Waals surface area contributed by atoms with E-state index < -0.39 is 0 Å². The van der Waals surface area contributed by atoms with Gasteiger partial charge in [-0.3, -0.25) is 4.79 Å². The molecule has 2 aliphatic rings. The predicted octanol–water partition coefficient (Wildman–Crippen LogP) is 2.24. The summed E-state index contributed by atoms with van der Waals surface area (Å²) in [4.78, 5) is 15.4. The van der Waals surface area contributed by atoms with Crippen LogP contribution in [0, 0.1) is 5.92 Å². The highest BCUT2D eigenvalue weighted by molar-refractivity contribution is 5.95. The average Bonchev–Trinajstić information content (AvgIpc) is 3.12. The normalized spacial score (nSPS) is 24.5. The van der Waals surface area contributed by atoms with Gasteiger partial charge in [0.05, 0.1) is 0 Å². The van der Waals surface area contributed by atoms with E-state index in [9.17, 15) is 4.79 Å². The fourth-order valence-corrected chi connectivity index (χ4v) is 4.50. The lowest BCUT2D eigenvalue weighted by Gasteiger charge is -2.33. The van der Waals surface area contributed by atoms with Crippen LogP contribution in [0.1, 0.15) is 28.3 Å². The molecule has 5 heteroatoms. The van der Waals surface area contributed by atoms with Crippen LogP contribution in [0.4, 0.5) is 0 Å². The van der Waals surface area contributed by atoms with E-state index >= 15 is 0 Å². The molecule has 2 aromatic rings. The molecule has 142 valence electrons. The molecule has 1 amide bonds. The number of hydrogen-bond acceptors (Lipinski definition) is 4. The Morgan fingerprint density at radius 3 is 2.85 bits per heavy atom. The Morgan fingerprint density at radius 1 is 1.19 bits per heavy atom. The minimum absolute atomic E-state index is 0.100. The Hall–Kier alpha value is -2.37. The number of carbonyl (C=O) groups is 1. The minimum atomic E-state index is 0.100. The number of nitrogens with two attached hydrogens (primary N) is 1. The molecule has 27 heavy (non-hydrogen) atoms. The number of rotatable bonds is 5. The molecule has 3 N–H and O–H groups in total. The number of piperidine rings is 1. The van der Waals surface area contributed by atoms with Crippen molar-refractivity contribution in [1.82, 2.24) is 10.2 Å². The molecule has 5 nitrogen and oxygen atoms in total. The third-order valence-electron chi connectivity index (χ3n) is 5.76. The van der Waals surface area contributed by atoms with Crippen LogP contribution in [-0.2, 0) is 0 Å². The van der Waals surface area contributed by atoms with Gasteiger partial charge < -0.3 is 20.7 Å². The van der Waals surface area contributed by atoms with Crippen molar-refractivity contribution < 1.29 is 9.53 Å². The maximum absolute atomic E-state index is 13.3. The summed E-state index contributed by atoms with van der Waals surface area (Å²) in [5.74, 6) is 1.64.